The molecule has 0 N–H and O–H groups in total. The number of aromatic nitrogens is 4. The van der Waals surface area contributed by atoms with E-state index in [0.29, 0.717) is 43.3 Å². The number of anilines is 1. The topological polar surface area (TPSA) is 85.1 Å². The molecule has 1 fully saturated rings. The monoisotopic (exact) mass is 396 g/mol. The summed E-state index contributed by atoms with van der Waals surface area (Å²) < 4.78 is 12.2. The van der Waals surface area contributed by atoms with Crippen molar-refractivity contribution in [2.45, 2.75) is 12.8 Å². The SMILES string of the molecule is COc1ccc2nnc(CCC(=O)N3CCN(c4ccccc4OC)CC3)n2n1. The van der Waals surface area contributed by atoms with E-state index in [-0.39, 0.29) is 5.91 Å². The summed E-state index contributed by atoms with van der Waals surface area (Å²) in [4.78, 5) is 16.9. The van der Waals surface area contributed by atoms with E-state index in [1.807, 2.05) is 29.2 Å². The van der Waals surface area contributed by atoms with Crippen LogP contribution in [0.4, 0.5) is 5.69 Å². The Morgan fingerprint density at radius 3 is 2.55 bits per heavy atom. The third kappa shape index (κ3) is 3.94. The molecule has 0 saturated carbocycles. The van der Waals surface area contributed by atoms with E-state index in [1.54, 1.807) is 30.9 Å². The second kappa shape index (κ2) is 8.34. The first kappa shape index (κ1) is 19.0. The zero-order valence-electron chi connectivity index (χ0n) is 16.6. The van der Waals surface area contributed by atoms with E-state index >= 15 is 0 Å². The maximum absolute atomic E-state index is 12.7. The highest BCUT2D eigenvalue weighted by Crippen LogP contribution is 2.28. The Balaban J connectivity index is 1.35. The number of piperazine rings is 1. The van der Waals surface area contributed by atoms with E-state index < -0.39 is 0 Å². The molecule has 0 aliphatic carbocycles. The average Bonchev–Trinajstić information content (AvgIpc) is 3.19. The van der Waals surface area contributed by atoms with Gasteiger partial charge in [0.15, 0.2) is 11.5 Å². The van der Waals surface area contributed by atoms with Crippen LogP contribution in [0.15, 0.2) is 36.4 Å². The summed E-state index contributed by atoms with van der Waals surface area (Å²) in [5, 5.41) is 12.6. The van der Waals surface area contributed by atoms with Gasteiger partial charge in [-0.05, 0) is 18.2 Å². The number of methoxy groups -OCH3 is 2. The van der Waals surface area contributed by atoms with Crippen LogP contribution in [0.5, 0.6) is 11.6 Å². The predicted molar refractivity (Wildman–Crippen MR) is 107 cm³/mol. The molecule has 3 aromatic rings. The summed E-state index contributed by atoms with van der Waals surface area (Å²) in [6, 6.07) is 11.5. The third-order valence-corrected chi connectivity index (χ3v) is 5.13. The van der Waals surface area contributed by atoms with Gasteiger partial charge in [-0.15, -0.1) is 15.3 Å². The van der Waals surface area contributed by atoms with Gasteiger partial charge < -0.3 is 19.3 Å². The number of hydrogen-bond donors (Lipinski definition) is 0. The van der Waals surface area contributed by atoms with Crippen molar-refractivity contribution in [2.75, 3.05) is 45.3 Å². The van der Waals surface area contributed by atoms with Crippen LogP contribution in [0, 0.1) is 0 Å². The molecule has 1 aliphatic heterocycles. The molecule has 0 atom stereocenters. The number of amides is 1. The fourth-order valence-electron chi connectivity index (χ4n) is 3.55. The summed E-state index contributed by atoms with van der Waals surface area (Å²) in [6.07, 6.45) is 0.848. The first-order valence-corrected chi connectivity index (χ1v) is 9.60. The predicted octanol–water partition coefficient (Wildman–Crippen LogP) is 1.42. The zero-order chi connectivity index (χ0) is 20.2. The van der Waals surface area contributed by atoms with Gasteiger partial charge in [0.05, 0.1) is 19.9 Å². The summed E-state index contributed by atoms with van der Waals surface area (Å²) in [5.41, 5.74) is 1.70. The number of para-hydroxylation sites is 2. The highest BCUT2D eigenvalue weighted by molar-refractivity contribution is 5.76. The van der Waals surface area contributed by atoms with Gasteiger partial charge >= 0.3 is 0 Å². The van der Waals surface area contributed by atoms with Crippen molar-refractivity contribution in [1.82, 2.24) is 24.7 Å². The quantitative estimate of drug-likeness (QED) is 0.623. The van der Waals surface area contributed by atoms with Gasteiger partial charge in [-0.25, -0.2) is 0 Å². The van der Waals surface area contributed by atoms with Gasteiger partial charge in [0.1, 0.15) is 5.75 Å². The maximum atomic E-state index is 12.7. The van der Waals surface area contributed by atoms with Crippen molar-refractivity contribution >= 4 is 17.2 Å². The van der Waals surface area contributed by atoms with Crippen LogP contribution in [-0.2, 0) is 11.2 Å². The molecule has 0 spiro atoms. The number of carbonyl (C=O) groups excluding carboxylic acids is 1. The standard InChI is InChI=1S/C20H24N6O3/c1-28-16-6-4-3-5-15(16)24-11-13-25(14-12-24)20(27)10-8-18-22-21-17-7-9-19(29-2)23-26(17)18/h3-7,9H,8,10-14H2,1-2H3. The molecule has 9 nitrogen and oxygen atoms in total. The average molecular weight is 396 g/mol. The van der Waals surface area contributed by atoms with E-state index in [0.717, 1.165) is 24.5 Å². The number of hydrogen-bond acceptors (Lipinski definition) is 7. The minimum atomic E-state index is 0.115. The second-order valence-corrected chi connectivity index (χ2v) is 6.80. The van der Waals surface area contributed by atoms with Gasteiger partial charge in [-0.1, -0.05) is 12.1 Å². The van der Waals surface area contributed by atoms with Crippen molar-refractivity contribution in [3.63, 3.8) is 0 Å². The molecule has 4 rings (SSSR count). The maximum Gasteiger partial charge on any atom is 0.231 e. The Kier molecular flexibility index (Phi) is 5.46. The minimum absolute atomic E-state index is 0.115. The molecule has 9 heteroatoms. The molecule has 0 unspecified atom stereocenters. The first-order chi connectivity index (χ1) is 14.2. The lowest BCUT2D eigenvalue weighted by molar-refractivity contribution is -0.131. The van der Waals surface area contributed by atoms with E-state index in [1.165, 1.54) is 0 Å². The summed E-state index contributed by atoms with van der Waals surface area (Å²) in [7, 11) is 3.24. The summed E-state index contributed by atoms with van der Waals surface area (Å²) in [5.74, 6) is 2.11. The van der Waals surface area contributed by atoms with Gasteiger partial charge in [0, 0.05) is 45.1 Å². The molecule has 1 saturated heterocycles. The van der Waals surface area contributed by atoms with Crippen molar-refractivity contribution in [3.8, 4) is 11.6 Å². The molecule has 29 heavy (non-hydrogen) atoms. The Morgan fingerprint density at radius 1 is 1.00 bits per heavy atom. The number of benzene rings is 1. The van der Waals surface area contributed by atoms with Gasteiger partial charge in [0.2, 0.25) is 11.8 Å². The number of nitrogens with zero attached hydrogens (tertiary/aromatic N) is 6. The second-order valence-electron chi connectivity index (χ2n) is 6.80. The lowest BCUT2D eigenvalue weighted by atomic mass is 10.2. The molecular weight excluding hydrogens is 372 g/mol. The Bertz CT molecular complexity index is 997. The van der Waals surface area contributed by atoms with Gasteiger partial charge in [-0.2, -0.15) is 4.52 Å². The van der Waals surface area contributed by atoms with Crippen LogP contribution in [-0.4, -0.2) is 71.0 Å². The number of carbonyl (C=O) groups is 1. The molecular formula is C20H24N6O3. The largest absolute Gasteiger partial charge is 0.495 e. The van der Waals surface area contributed by atoms with Crippen molar-refractivity contribution in [2.24, 2.45) is 0 Å². The van der Waals surface area contributed by atoms with Crippen LogP contribution >= 0.6 is 0 Å². The van der Waals surface area contributed by atoms with Gasteiger partial charge in [0.25, 0.3) is 0 Å². The number of fused-ring (bicyclic) bond motifs is 1. The highest BCUT2D eigenvalue weighted by Gasteiger charge is 2.23. The van der Waals surface area contributed by atoms with Crippen molar-refractivity contribution in [1.29, 1.82) is 0 Å². The lowest BCUT2D eigenvalue weighted by Gasteiger charge is -2.36. The van der Waals surface area contributed by atoms with Gasteiger partial charge in [-0.3, -0.25) is 4.79 Å². The molecule has 0 bridgehead atoms. The molecule has 1 aromatic carbocycles. The molecule has 1 aliphatic rings. The highest BCUT2D eigenvalue weighted by atomic mass is 16.5. The Labute approximate surface area is 168 Å². The van der Waals surface area contributed by atoms with Crippen LogP contribution < -0.4 is 14.4 Å². The van der Waals surface area contributed by atoms with Crippen molar-refractivity contribution < 1.29 is 14.3 Å². The zero-order valence-corrected chi connectivity index (χ0v) is 16.6. The first-order valence-electron chi connectivity index (χ1n) is 9.60. The summed E-state index contributed by atoms with van der Waals surface area (Å²) in [6.45, 7) is 2.92. The molecule has 1 amide bonds. The normalized spacial score (nSPS) is 14.3. The van der Waals surface area contributed by atoms with Crippen LogP contribution in [0.25, 0.3) is 5.65 Å². The Hall–Kier alpha value is -3.36. The number of rotatable bonds is 6. The number of aryl methyl sites for hydroxylation is 1. The molecule has 152 valence electrons. The molecule has 0 radical (unpaired) electrons. The molecule has 2 aromatic heterocycles. The lowest BCUT2D eigenvalue weighted by Crippen LogP contribution is -2.49. The van der Waals surface area contributed by atoms with E-state index in [4.69, 9.17) is 9.47 Å². The van der Waals surface area contributed by atoms with E-state index in [9.17, 15) is 4.79 Å². The van der Waals surface area contributed by atoms with Crippen LogP contribution in [0.2, 0.25) is 0 Å². The van der Waals surface area contributed by atoms with Crippen molar-refractivity contribution in [3.05, 3.63) is 42.2 Å². The molecule has 3 heterocycles. The smallest absolute Gasteiger partial charge is 0.231 e. The van der Waals surface area contributed by atoms with E-state index in [2.05, 4.69) is 20.2 Å². The van der Waals surface area contributed by atoms with Crippen LogP contribution in [0.1, 0.15) is 12.2 Å². The fourth-order valence-corrected chi connectivity index (χ4v) is 3.55. The third-order valence-electron chi connectivity index (χ3n) is 5.13. The number of ether oxygens (including phenoxy) is 2. The fraction of sp³-hybridized carbons (Fsp3) is 0.400. The summed E-state index contributed by atoms with van der Waals surface area (Å²) >= 11 is 0. The van der Waals surface area contributed by atoms with Crippen LogP contribution in [0.3, 0.4) is 0 Å². The minimum Gasteiger partial charge on any atom is -0.495 e. The Morgan fingerprint density at radius 2 is 1.79 bits per heavy atom.